The number of aromatic amines is 1. The van der Waals surface area contributed by atoms with Gasteiger partial charge in [-0.1, -0.05) is 35.9 Å². The highest BCUT2D eigenvalue weighted by Gasteiger charge is 2.16. The van der Waals surface area contributed by atoms with E-state index in [4.69, 9.17) is 16.3 Å². The Hall–Kier alpha value is -3.31. The van der Waals surface area contributed by atoms with Gasteiger partial charge in [-0.2, -0.15) is 0 Å². The number of aryl methyl sites for hydroxylation is 1. The van der Waals surface area contributed by atoms with E-state index in [9.17, 15) is 4.79 Å². The summed E-state index contributed by atoms with van der Waals surface area (Å²) < 4.78 is 5.38. The van der Waals surface area contributed by atoms with Crippen molar-refractivity contribution >= 4 is 34.2 Å². The number of hydrogen-bond acceptors (Lipinski definition) is 3. The molecule has 28 heavy (non-hydrogen) atoms. The SMILES string of the molecule is COc1c(C)cccc1C(=O)Nc1ccc(Cl)c(-c2nc3ccccc3[nH]2)c1. The van der Waals surface area contributed by atoms with Crippen molar-refractivity contribution in [3.05, 3.63) is 76.8 Å². The molecule has 0 spiro atoms. The average molecular weight is 392 g/mol. The smallest absolute Gasteiger partial charge is 0.259 e. The molecule has 0 aliphatic rings. The van der Waals surface area contributed by atoms with Gasteiger partial charge in [0.05, 0.1) is 28.7 Å². The van der Waals surface area contributed by atoms with Crippen LogP contribution in [0, 0.1) is 6.92 Å². The van der Waals surface area contributed by atoms with Crippen LogP contribution in [0.3, 0.4) is 0 Å². The summed E-state index contributed by atoms with van der Waals surface area (Å²) in [5.74, 6) is 0.959. The van der Waals surface area contributed by atoms with E-state index in [1.165, 1.54) is 0 Å². The number of rotatable bonds is 4. The minimum atomic E-state index is -0.251. The molecule has 0 saturated heterocycles. The van der Waals surface area contributed by atoms with Crippen LogP contribution in [-0.2, 0) is 0 Å². The number of hydrogen-bond donors (Lipinski definition) is 2. The zero-order valence-corrected chi connectivity index (χ0v) is 16.2. The molecular weight excluding hydrogens is 374 g/mol. The lowest BCUT2D eigenvalue weighted by Crippen LogP contribution is -2.13. The normalized spacial score (nSPS) is 10.8. The number of imidazole rings is 1. The van der Waals surface area contributed by atoms with Crippen LogP contribution in [0.15, 0.2) is 60.7 Å². The zero-order chi connectivity index (χ0) is 19.7. The van der Waals surface area contributed by atoms with Crippen LogP contribution in [0.2, 0.25) is 5.02 Å². The molecule has 6 heteroatoms. The number of benzene rings is 3. The summed E-state index contributed by atoms with van der Waals surface area (Å²) in [6, 6.07) is 18.5. The quantitative estimate of drug-likeness (QED) is 0.486. The maximum atomic E-state index is 12.8. The molecular formula is C22H18ClN3O2. The molecule has 1 amide bonds. The van der Waals surface area contributed by atoms with Gasteiger partial charge in [0.2, 0.25) is 0 Å². The highest BCUT2D eigenvalue weighted by atomic mass is 35.5. The van der Waals surface area contributed by atoms with Gasteiger partial charge in [-0.05, 0) is 48.9 Å². The molecule has 1 aromatic heterocycles. The number of carbonyl (C=O) groups excluding carboxylic acids is 1. The zero-order valence-electron chi connectivity index (χ0n) is 15.4. The molecule has 4 aromatic rings. The number of carbonyl (C=O) groups is 1. The van der Waals surface area contributed by atoms with Crippen molar-refractivity contribution in [2.24, 2.45) is 0 Å². The van der Waals surface area contributed by atoms with Gasteiger partial charge in [-0.3, -0.25) is 4.79 Å². The molecule has 1 heterocycles. The molecule has 0 fully saturated rings. The monoisotopic (exact) mass is 391 g/mol. The summed E-state index contributed by atoms with van der Waals surface area (Å²) >= 11 is 6.39. The summed E-state index contributed by atoms with van der Waals surface area (Å²) in [5, 5.41) is 3.46. The predicted molar refractivity (Wildman–Crippen MR) is 112 cm³/mol. The Bertz CT molecular complexity index is 1150. The number of anilines is 1. The number of H-pyrrole nitrogens is 1. The third kappa shape index (κ3) is 3.32. The Balaban J connectivity index is 1.68. The maximum absolute atomic E-state index is 12.8. The minimum absolute atomic E-state index is 0.251. The van der Waals surface area contributed by atoms with Crippen molar-refractivity contribution in [2.75, 3.05) is 12.4 Å². The van der Waals surface area contributed by atoms with Gasteiger partial charge in [-0.25, -0.2) is 4.98 Å². The molecule has 3 aromatic carbocycles. The van der Waals surface area contributed by atoms with E-state index in [2.05, 4.69) is 15.3 Å². The third-order valence-electron chi connectivity index (χ3n) is 4.53. The standard InChI is InChI=1S/C22H18ClN3O2/c1-13-6-5-7-15(20(13)28-2)22(27)24-14-10-11-17(23)16(12-14)21-25-18-8-3-4-9-19(18)26-21/h3-12H,1-2H3,(H,24,27)(H,25,26). The van der Waals surface area contributed by atoms with Gasteiger partial charge < -0.3 is 15.0 Å². The van der Waals surface area contributed by atoms with E-state index in [1.54, 1.807) is 31.4 Å². The van der Waals surface area contributed by atoms with Gasteiger partial charge in [0, 0.05) is 11.3 Å². The van der Waals surface area contributed by atoms with Crippen molar-refractivity contribution in [3.8, 4) is 17.1 Å². The Kier molecular flexibility index (Phi) is 4.75. The lowest BCUT2D eigenvalue weighted by Gasteiger charge is -2.12. The minimum Gasteiger partial charge on any atom is -0.496 e. The molecule has 2 N–H and O–H groups in total. The molecule has 0 saturated carbocycles. The summed E-state index contributed by atoms with van der Waals surface area (Å²) in [6.07, 6.45) is 0. The van der Waals surface area contributed by atoms with Crippen LogP contribution in [0.25, 0.3) is 22.4 Å². The first-order valence-electron chi connectivity index (χ1n) is 8.76. The van der Waals surface area contributed by atoms with Crippen LogP contribution in [0.1, 0.15) is 15.9 Å². The van der Waals surface area contributed by atoms with Crippen LogP contribution >= 0.6 is 11.6 Å². The van der Waals surface area contributed by atoms with Crippen LogP contribution in [0.5, 0.6) is 5.75 Å². The third-order valence-corrected chi connectivity index (χ3v) is 4.86. The molecule has 5 nitrogen and oxygen atoms in total. The Morgan fingerprint density at radius 2 is 1.93 bits per heavy atom. The maximum Gasteiger partial charge on any atom is 0.259 e. The van der Waals surface area contributed by atoms with Crippen molar-refractivity contribution < 1.29 is 9.53 Å². The molecule has 0 atom stereocenters. The van der Waals surface area contributed by atoms with Crippen LogP contribution in [0.4, 0.5) is 5.69 Å². The number of amides is 1. The Labute approximate surface area is 167 Å². The van der Waals surface area contributed by atoms with Gasteiger partial charge in [0.1, 0.15) is 11.6 Å². The van der Waals surface area contributed by atoms with Gasteiger partial charge in [0.25, 0.3) is 5.91 Å². The summed E-state index contributed by atoms with van der Waals surface area (Å²) in [5.41, 5.74) is 4.48. The number of aromatic nitrogens is 2. The van der Waals surface area contributed by atoms with Crippen molar-refractivity contribution in [3.63, 3.8) is 0 Å². The van der Waals surface area contributed by atoms with E-state index in [1.807, 2.05) is 43.3 Å². The predicted octanol–water partition coefficient (Wildman–Crippen LogP) is 5.45. The molecule has 4 rings (SSSR count). The fourth-order valence-corrected chi connectivity index (χ4v) is 3.37. The first kappa shape index (κ1) is 18.1. The Morgan fingerprint density at radius 3 is 2.71 bits per heavy atom. The summed E-state index contributed by atoms with van der Waals surface area (Å²) in [6.45, 7) is 1.90. The second kappa shape index (κ2) is 7.37. The molecule has 0 bridgehead atoms. The number of methoxy groups -OCH3 is 1. The number of ether oxygens (including phenoxy) is 1. The second-order valence-corrected chi connectivity index (χ2v) is 6.81. The summed E-state index contributed by atoms with van der Waals surface area (Å²) in [7, 11) is 1.56. The molecule has 0 aliphatic carbocycles. The lowest BCUT2D eigenvalue weighted by molar-refractivity contribution is 0.102. The van der Waals surface area contributed by atoms with E-state index >= 15 is 0 Å². The molecule has 0 aliphatic heterocycles. The second-order valence-electron chi connectivity index (χ2n) is 6.41. The van der Waals surface area contributed by atoms with Gasteiger partial charge in [0.15, 0.2) is 0 Å². The van der Waals surface area contributed by atoms with E-state index in [0.29, 0.717) is 33.4 Å². The van der Waals surface area contributed by atoms with E-state index in [-0.39, 0.29) is 5.91 Å². The van der Waals surface area contributed by atoms with Gasteiger partial charge >= 0.3 is 0 Å². The highest BCUT2D eigenvalue weighted by Crippen LogP contribution is 2.31. The number of para-hydroxylation sites is 3. The highest BCUT2D eigenvalue weighted by molar-refractivity contribution is 6.33. The lowest BCUT2D eigenvalue weighted by atomic mass is 10.1. The van der Waals surface area contributed by atoms with Crippen molar-refractivity contribution in [1.82, 2.24) is 9.97 Å². The molecule has 0 unspecified atom stereocenters. The van der Waals surface area contributed by atoms with E-state index < -0.39 is 0 Å². The fourth-order valence-electron chi connectivity index (χ4n) is 3.17. The largest absolute Gasteiger partial charge is 0.496 e. The number of halogens is 1. The first-order chi connectivity index (χ1) is 13.6. The molecule has 0 radical (unpaired) electrons. The van der Waals surface area contributed by atoms with Crippen molar-refractivity contribution in [1.29, 1.82) is 0 Å². The summed E-state index contributed by atoms with van der Waals surface area (Å²) in [4.78, 5) is 20.6. The van der Waals surface area contributed by atoms with Crippen molar-refractivity contribution in [2.45, 2.75) is 6.92 Å². The number of nitrogens with one attached hydrogen (secondary N) is 2. The van der Waals surface area contributed by atoms with Crippen LogP contribution in [-0.4, -0.2) is 23.0 Å². The topological polar surface area (TPSA) is 67.0 Å². The Morgan fingerprint density at radius 1 is 1.11 bits per heavy atom. The number of fused-ring (bicyclic) bond motifs is 1. The van der Waals surface area contributed by atoms with Crippen LogP contribution < -0.4 is 10.1 Å². The van der Waals surface area contributed by atoms with E-state index in [0.717, 1.165) is 16.6 Å². The average Bonchev–Trinajstić information content (AvgIpc) is 3.13. The fraction of sp³-hybridized carbons (Fsp3) is 0.0909. The first-order valence-corrected chi connectivity index (χ1v) is 9.14. The van der Waals surface area contributed by atoms with Gasteiger partial charge in [-0.15, -0.1) is 0 Å². The molecule has 140 valence electrons. The number of nitrogens with zero attached hydrogens (tertiary/aromatic N) is 1.